The summed E-state index contributed by atoms with van der Waals surface area (Å²) in [6.45, 7) is 11.3. The summed E-state index contributed by atoms with van der Waals surface area (Å²) >= 11 is 0. The maximum absolute atomic E-state index is 6.70. The first-order valence-corrected chi connectivity index (χ1v) is 4.41. The zero-order valence-electron chi connectivity index (χ0n) is 7.50. The molecule has 0 aromatic carbocycles. The maximum Gasteiger partial charge on any atom is 0.169 e. The van der Waals surface area contributed by atoms with Gasteiger partial charge in [0.1, 0.15) is 0 Å². The summed E-state index contributed by atoms with van der Waals surface area (Å²) in [5.41, 5.74) is 1.97. The van der Waals surface area contributed by atoms with Crippen molar-refractivity contribution in [3.8, 4) is 0 Å². The second-order valence-electron chi connectivity index (χ2n) is 2.08. The van der Waals surface area contributed by atoms with Crippen LogP contribution in [-0.4, -0.2) is 6.61 Å². The molecule has 1 atom stereocenters. The van der Waals surface area contributed by atoms with Crippen molar-refractivity contribution < 1.29 is 4.52 Å². The third-order valence-corrected chi connectivity index (χ3v) is 1.50. The average molecular weight is 183 g/mol. The first-order valence-electron chi connectivity index (χ1n) is 3.94. The molecule has 0 heterocycles. The molecule has 66 valence electrons. The fourth-order valence-corrected chi connectivity index (χ4v) is 1.06. The van der Waals surface area contributed by atoms with Crippen molar-refractivity contribution in [2.75, 3.05) is 6.61 Å². The first-order chi connectivity index (χ1) is 5.86. The van der Waals surface area contributed by atoms with E-state index in [-0.39, 0.29) is 0 Å². The van der Waals surface area contributed by atoms with E-state index < -0.39 is 0 Å². The van der Waals surface area contributed by atoms with Gasteiger partial charge in [0, 0.05) is 15.9 Å². The van der Waals surface area contributed by atoms with Gasteiger partial charge in [-0.05, 0) is 0 Å². The minimum absolute atomic E-state index is 0.611. The zero-order chi connectivity index (χ0) is 9.40. The second kappa shape index (κ2) is 7.03. The number of allylic oxidation sites excluding steroid dienone is 3. The minimum Gasteiger partial charge on any atom is -0.361 e. The fraction of sp³-hybridized carbons (Fsp3) is 0.444. The Bertz CT molecular complexity index is 225. The van der Waals surface area contributed by atoms with Crippen LogP contribution in [0.1, 0.15) is 20.3 Å². The Kier molecular flexibility index (Phi) is 6.66. The van der Waals surface area contributed by atoms with Gasteiger partial charge < -0.3 is 4.52 Å². The Morgan fingerprint density at radius 3 is 2.67 bits per heavy atom. The van der Waals surface area contributed by atoms with E-state index in [0.717, 1.165) is 12.1 Å². The highest BCUT2D eigenvalue weighted by atomic mass is 31.0. The van der Waals surface area contributed by atoms with Crippen LogP contribution < -0.4 is 0 Å². The average Bonchev–Trinajstić information content (AvgIpc) is 2.57. The number of hydrogen-bond donors (Lipinski definition) is 0. The van der Waals surface area contributed by atoms with Gasteiger partial charge >= 0.3 is 0 Å². The number of hydrogen-bond acceptors (Lipinski definition) is 1. The molecule has 12 heavy (non-hydrogen) atoms. The molecule has 0 aliphatic heterocycles. The van der Waals surface area contributed by atoms with Gasteiger partial charge in [0.05, 0.1) is 13.2 Å². The largest absolute Gasteiger partial charge is 0.361 e. The molecule has 0 aromatic heterocycles. The van der Waals surface area contributed by atoms with E-state index in [1.54, 1.807) is 0 Å². The van der Waals surface area contributed by atoms with E-state index >= 15 is 0 Å². The molecular formula is C9H14NOP. The molecule has 1 rings (SSSR count). The Labute approximate surface area is 76.4 Å². The predicted octanol–water partition coefficient (Wildman–Crippen LogP) is 2.95. The summed E-state index contributed by atoms with van der Waals surface area (Å²) in [6, 6.07) is 0. The highest BCUT2D eigenvalue weighted by Crippen LogP contribution is 2.20. The molecule has 0 radical (unpaired) electrons. The van der Waals surface area contributed by atoms with Crippen LogP contribution in [0, 0.1) is 6.57 Å². The molecule has 0 amide bonds. The van der Waals surface area contributed by atoms with Crippen LogP contribution in [-0.2, 0) is 4.52 Å². The predicted molar refractivity (Wildman–Crippen MR) is 54.4 cm³/mol. The lowest BCUT2D eigenvalue weighted by Gasteiger charge is -1.97. The SMILES string of the molecule is CC.[C-]#[N+]C1=CC=C(COP)C1. The Hall–Kier alpha value is -0.640. The van der Waals surface area contributed by atoms with E-state index in [4.69, 9.17) is 11.1 Å². The van der Waals surface area contributed by atoms with Crippen LogP contribution in [0.4, 0.5) is 0 Å². The molecule has 3 heteroatoms. The van der Waals surface area contributed by atoms with Gasteiger partial charge in [-0.15, -0.1) is 0 Å². The van der Waals surface area contributed by atoms with Crippen LogP contribution in [0.2, 0.25) is 0 Å². The van der Waals surface area contributed by atoms with Crippen molar-refractivity contribution in [2.45, 2.75) is 20.3 Å². The number of nitrogens with zero attached hydrogens (tertiary/aromatic N) is 1. The fourth-order valence-electron chi connectivity index (χ4n) is 0.848. The summed E-state index contributed by atoms with van der Waals surface area (Å²) in [7, 11) is 2.20. The van der Waals surface area contributed by atoms with Crippen LogP contribution in [0.25, 0.3) is 4.85 Å². The first kappa shape index (κ1) is 11.4. The monoisotopic (exact) mass is 183 g/mol. The molecule has 1 aliphatic rings. The highest BCUT2D eigenvalue weighted by molar-refractivity contribution is 7.09. The highest BCUT2D eigenvalue weighted by Gasteiger charge is 2.06. The van der Waals surface area contributed by atoms with Crippen molar-refractivity contribution in [3.05, 3.63) is 34.8 Å². The standard InChI is InChI=1S/C7H8NOP.C2H6/c1-8-7-3-2-6(4-7)5-9-10;1-2/h2-3H,4-5,10H2;1-2H3. The Balaban J connectivity index is 0.000000561. The van der Waals surface area contributed by atoms with Gasteiger partial charge in [0.2, 0.25) is 0 Å². The van der Waals surface area contributed by atoms with E-state index in [9.17, 15) is 0 Å². The van der Waals surface area contributed by atoms with E-state index in [1.807, 2.05) is 26.0 Å². The topological polar surface area (TPSA) is 13.6 Å². The molecule has 1 aliphatic carbocycles. The quantitative estimate of drug-likeness (QED) is 0.474. The molecule has 0 fully saturated rings. The Morgan fingerprint density at radius 1 is 1.58 bits per heavy atom. The molecule has 0 saturated carbocycles. The molecular weight excluding hydrogens is 169 g/mol. The van der Waals surface area contributed by atoms with E-state index in [2.05, 4.69) is 14.3 Å². The van der Waals surface area contributed by atoms with Gasteiger partial charge in [-0.3, -0.25) is 0 Å². The summed E-state index contributed by atoms with van der Waals surface area (Å²) in [6.07, 6.45) is 4.54. The molecule has 0 N–H and O–H groups in total. The summed E-state index contributed by atoms with van der Waals surface area (Å²) < 4.78 is 4.83. The zero-order valence-corrected chi connectivity index (χ0v) is 8.66. The third-order valence-electron chi connectivity index (χ3n) is 1.33. The van der Waals surface area contributed by atoms with Crippen LogP contribution >= 0.6 is 9.47 Å². The number of rotatable bonds is 2. The van der Waals surface area contributed by atoms with Crippen molar-refractivity contribution in [3.63, 3.8) is 0 Å². The molecule has 0 spiro atoms. The third kappa shape index (κ3) is 3.67. The smallest absolute Gasteiger partial charge is 0.169 e. The van der Waals surface area contributed by atoms with Gasteiger partial charge in [0.15, 0.2) is 5.70 Å². The minimum atomic E-state index is 0.611. The molecule has 0 saturated heterocycles. The summed E-state index contributed by atoms with van der Waals surface area (Å²) in [5, 5.41) is 0. The van der Waals surface area contributed by atoms with Gasteiger partial charge in [0.25, 0.3) is 0 Å². The molecule has 2 nitrogen and oxygen atoms in total. The molecule has 0 aromatic rings. The van der Waals surface area contributed by atoms with Crippen LogP contribution in [0.3, 0.4) is 0 Å². The second-order valence-corrected chi connectivity index (χ2v) is 2.42. The lowest BCUT2D eigenvalue weighted by Crippen LogP contribution is -1.87. The van der Waals surface area contributed by atoms with Gasteiger partial charge in [-0.2, -0.15) is 0 Å². The van der Waals surface area contributed by atoms with Crippen molar-refractivity contribution in [1.82, 2.24) is 0 Å². The van der Waals surface area contributed by atoms with Crippen molar-refractivity contribution in [1.29, 1.82) is 0 Å². The van der Waals surface area contributed by atoms with Crippen LogP contribution in [0.5, 0.6) is 0 Å². The van der Waals surface area contributed by atoms with Crippen LogP contribution in [0.15, 0.2) is 23.4 Å². The molecule has 0 bridgehead atoms. The maximum atomic E-state index is 6.70. The lowest BCUT2D eigenvalue weighted by molar-refractivity contribution is 0.411. The summed E-state index contributed by atoms with van der Waals surface area (Å²) in [4.78, 5) is 3.32. The Morgan fingerprint density at radius 2 is 2.25 bits per heavy atom. The molecule has 1 unspecified atom stereocenters. The van der Waals surface area contributed by atoms with E-state index in [0.29, 0.717) is 6.61 Å². The van der Waals surface area contributed by atoms with Gasteiger partial charge in [-0.25, -0.2) is 4.85 Å². The van der Waals surface area contributed by atoms with E-state index in [1.165, 1.54) is 5.57 Å². The normalized spacial score (nSPS) is 13.8. The van der Waals surface area contributed by atoms with Crippen molar-refractivity contribution >= 4 is 9.47 Å². The van der Waals surface area contributed by atoms with Crippen molar-refractivity contribution in [2.24, 2.45) is 0 Å². The summed E-state index contributed by atoms with van der Waals surface area (Å²) in [5.74, 6) is 0. The lowest BCUT2D eigenvalue weighted by atomic mass is 10.2. The van der Waals surface area contributed by atoms with Gasteiger partial charge in [-0.1, -0.05) is 31.6 Å².